The minimum absolute atomic E-state index is 0.176. The average Bonchev–Trinajstić information content (AvgIpc) is 2.73. The molecule has 1 aromatic heterocycles. The number of nitrogens with two attached hydrogens (primary N) is 1. The molecule has 1 aliphatic carbocycles. The van der Waals surface area contributed by atoms with Crippen LogP contribution >= 0.6 is 0 Å². The highest BCUT2D eigenvalue weighted by Gasteiger charge is 2.43. The Morgan fingerprint density at radius 3 is 2.81 bits per heavy atom. The largest absolute Gasteiger partial charge is 0.375 e. The zero-order valence-corrected chi connectivity index (χ0v) is 13.7. The number of aromatic nitrogens is 2. The van der Waals surface area contributed by atoms with Gasteiger partial charge in [-0.3, -0.25) is 4.68 Å². The van der Waals surface area contributed by atoms with E-state index in [0.717, 1.165) is 38.0 Å². The molecule has 0 bridgehead atoms. The van der Waals surface area contributed by atoms with Crippen LogP contribution in [0.15, 0.2) is 0 Å². The van der Waals surface area contributed by atoms with E-state index in [1.54, 1.807) is 0 Å². The van der Waals surface area contributed by atoms with Gasteiger partial charge in [0.25, 0.3) is 0 Å². The van der Waals surface area contributed by atoms with Crippen molar-refractivity contribution in [1.29, 1.82) is 0 Å². The second-order valence-electron chi connectivity index (χ2n) is 7.00. The Bertz CT molecular complexity index is 504. The molecule has 1 aliphatic heterocycles. The molecule has 0 radical (unpaired) electrons. The summed E-state index contributed by atoms with van der Waals surface area (Å²) < 4.78 is 8.32. The monoisotopic (exact) mass is 291 g/mol. The van der Waals surface area contributed by atoms with Crippen LogP contribution in [0.2, 0.25) is 0 Å². The molecule has 2 fully saturated rings. The molecule has 0 aromatic carbocycles. The van der Waals surface area contributed by atoms with Crippen molar-refractivity contribution in [2.45, 2.75) is 83.4 Å². The molecule has 2 heterocycles. The van der Waals surface area contributed by atoms with Gasteiger partial charge in [0.1, 0.15) is 0 Å². The zero-order chi connectivity index (χ0) is 15.0. The molecule has 2 unspecified atom stereocenters. The maximum absolute atomic E-state index is 6.15. The molecule has 1 aromatic rings. The quantitative estimate of drug-likeness (QED) is 0.927. The SMILES string of the molecule is CCC(N)Cc1c(C)nn(C2CCOC3(CCC3)C2)c1C. The molecule has 0 amide bonds. The van der Waals surface area contributed by atoms with Crippen molar-refractivity contribution in [3.8, 4) is 0 Å². The number of ether oxygens (including phenoxy) is 1. The first-order valence-corrected chi connectivity index (χ1v) is 8.49. The molecule has 2 aliphatic rings. The first-order chi connectivity index (χ1) is 10.0. The van der Waals surface area contributed by atoms with Crippen LogP contribution in [0.3, 0.4) is 0 Å². The Balaban J connectivity index is 1.80. The second-order valence-corrected chi connectivity index (χ2v) is 7.00. The first kappa shape index (κ1) is 15.0. The summed E-state index contributed by atoms with van der Waals surface area (Å²) in [5, 5.41) is 4.85. The van der Waals surface area contributed by atoms with Crippen molar-refractivity contribution < 1.29 is 4.74 Å². The van der Waals surface area contributed by atoms with E-state index in [1.165, 1.54) is 30.5 Å². The van der Waals surface area contributed by atoms with Crippen molar-refractivity contribution in [2.75, 3.05) is 6.61 Å². The van der Waals surface area contributed by atoms with Crippen LogP contribution in [0.25, 0.3) is 0 Å². The number of hydrogen-bond donors (Lipinski definition) is 1. The fourth-order valence-electron chi connectivity index (χ4n) is 3.88. The summed E-state index contributed by atoms with van der Waals surface area (Å²) in [6.45, 7) is 7.37. The molecule has 118 valence electrons. The van der Waals surface area contributed by atoms with Crippen LogP contribution in [-0.2, 0) is 11.2 Å². The number of rotatable bonds is 4. The van der Waals surface area contributed by atoms with Gasteiger partial charge in [-0.15, -0.1) is 0 Å². The summed E-state index contributed by atoms with van der Waals surface area (Å²) in [7, 11) is 0. The maximum Gasteiger partial charge on any atom is 0.0703 e. The van der Waals surface area contributed by atoms with E-state index >= 15 is 0 Å². The lowest BCUT2D eigenvalue weighted by Gasteiger charge is -2.47. The summed E-state index contributed by atoms with van der Waals surface area (Å²) >= 11 is 0. The molecule has 1 saturated heterocycles. The van der Waals surface area contributed by atoms with Crippen LogP contribution in [0, 0.1) is 13.8 Å². The smallest absolute Gasteiger partial charge is 0.0703 e. The standard InChI is InChI=1S/C17H29N3O/c1-4-14(18)10-16-12(2)19-20(13(16)3)15-6-9-21-17(11-15)7-5-8-17/h14-15H,4-11,18H2,1-3H3. The topological polar surface area (TPSA) is 53.1 Å². The van der Waals surface area contributed by atoms with E-state index in [4.69, 9.17) is 15.6 Å². The zero-order valence-electron chi connectivity index (χ0n) is 13.7. The third-order valence-electron chi connectivity index (χ3n) is 5.54. The van der Waals surface area contributed by atoms with Crippen LogP contribution in [0.4, 0.5) is 0 Å². The van der Waals surface area contributed by atoms with Crippen LogP contribution < -0.4 is 5.73 Å². The third kappa shape index (κ3) is 2.76. The van der Waals surface area contributed by atoms with Crippen molar-refractivity contribution in [3.63, 3.8) is 0 Å². The summed E-state index contributed by atoms with van der Waals surface area (Å²) in [6.07, 6.45) is 7.97. The first-order valence-electron chi connectivity index (χ1n) is 8.49. The van der Waals surface area contributed by atoms with Gasteiger partial charge in [-0.1, -0.05) is 6.92 Å². The second kappa shape index (κ2) is 5.73. The molecule has 1 spiro atoms. The lowest BCUT2D eigenvalue weighted by Crippen LogP contribution is -2.46. The summed E-state index contributed by atoms with van der Waals surface area (Å²) in [6, 6.07) is 0.747. The van der Waals surface area contributed by atoms with Crippen LogP contribution in [0.5, 0.6) is 0 Å². The van der Waals surface area contributed by atoms with E-state index < -0.39 is 0 Å². The van der Waals surface area contributed by atoms with Crippen molar-refractivity contribution in [1.82, 2.24) is 9.78 Å². The Morgan fingerprint density at radius 2 is 2.19 bits per heavy atom. The number of aryl methyl sites for hydroxylation is 1. The minimum atomic E-state index is 0.176. The molecule has 2 N–H and O–H groups in total. The van der Waals surface area contributed by atoms with Gasteiger partial charge in [-0.25, -0.2) is 0 Å². The van der Waals surface area contributed by atoms with Gasteiger partial charge in [0.2, 0.25) is 0 Å². The predicted molar refractivity (Wildman–Crippen MR) is 84.5 cm³/mol. The minimum Gasteiger partial charge on any atom is -0.375 e. The third-order valence-corrected chi connectivity index (χ3v) is 5.54. The van der Waals surface area contributed by atoms with Crippen molar-refractivity contribution >= 4 is 0 Å². The molecular weight excluding hydrogens is 262 g/mol. The predicted octanol–water partition coefficient (Wildman–Crippen LogP) is 3.05. The normalized spacial score (nSPS) is 25.8. The van der Waals surface area contributed by atoms with Gasteiger partial charge in [0, 0.05) is 18.3 Å². The highest BCUT2D eigenvalue weighted by Crippen LogP contribution is 2.45. The fraction of sp³-hybridized carbons (Fsp3) is 0.824. The van der Waals surface area contributed by atoms with Gasteiger partial charge in [-0.2, -0.15) is 5.10 Å². The fourth-order valence-corrected chi connectivity index (χ4v) is 3.88. The summed E-state index contributed by atoms with van der Waals surface area (Å²) in [4.78, 5) is 0. The van der Waals surface area contributed by atoms with Gasteiger partial charge >= 0.3 is 0 Å². The van der Waals surface area contributed by atoms with E-state index in [-0.39, 0.29) is 11.6 Å². The van der Waals surface area contributed by atoms with E-state index in [9.17, 15) is 0 Å². The van der Waals surface area contributed by atoms with Gasteiger partial charge in [-0.05, 0) is 64.4 Å². The molecule has 4 nitrogen and oxygen atoms in total. The maximum atomic E-state index is 6.15. The lowest BCUT2D eigenvalue weighted by molar-refractivity contribution is -0.141. The highest BCUT2D eigenvalue weighted by molar-refractivity contribution is 5.26. The van der Waals surface area contributed by atoms with E-state index in [2.05, 4.69) is 25.5 Å². The molecule has 4 heteroatoms. The molecular formula is C17H29N3O. The molecule has 1 saturated carbocycles. The van der Waals surface area contributed by atoms with Crippen LogP contribution in [-0.4, -0.2) is 28.0 Å². The molecule has 21 heavy (non-hydrogen) atoms. The Morgan fingerprint density at radius 1 is 1.43 bits per heavy atom. The Labute approximate surface area is 128 Å². The Kier molecular flexibility index (Phi) is 4.10. The number of hydrogen-bond acceptors (Lipinski definition) is 3. The van der Waals surface area contributed by atoms with Crippen molar-refractivity contribution in [3.05, 3.63) is 17.0 Å². The molecule has 2 atom stereocenters. The van der Waals surface area contributed by atoms with Gasteiger partial charge < -0.3 is 10.5 Å². The highest BCUT2D eigenvalue weighted by atomic mass is 16.5. The van der Waals surface area contributed by atoms with Crippen LogP contribution in [0.1, 0.15) is 68.4 Å². The lowest BCUT2D eigenvalue weighted by atomic mass is 9.74. The van der Waals surface area contributed by atoms with Crippen molar-refractivity contribution in [2.24, 2.45) is 5.73 Å². The van der Waals surface area contributed by atoms with E-state index in [1.807, 2.05) is 0 Å². The van der Waals surface area contributed by atoms with E-state index in [0.29, 0.717) is 6.04 Å². The average molecular weight is 291 g/mol. The number of nitrogens with zero attached hydrogens (tertiary/aromatic N) is 2. The summed E-state index contributed by atoms with van der Waals surface area (Å²) in [5.41, 5.74) is 10.2. The molecule has 3 rings (SSSR count). The summed E-state index contributed by atoms with van der Waals surface area (Å²) in [5.74, 6) is 0. The van der Waals surface area contributed by atoms with Gasteiger partial charge in [0.15, 0.2) is 0 Å². The van der Waals surface area contributed by atoms with Gasteiger partial charge in [0.05, 0.1) is 17.3 Å². The Hall–Kier alpha value is -0.870.